The van der Waals surface area contributed by atoms with Gasteiger partial charge in [0, 0.05) is 32.6 Å². The number of ether oxygens (including phenoxy) is 2. The topological polar surface area (TPSA) is 119 Å². The lowest BCUT2D eigenvalue weighted by atomic mass is 9.94. The number of nitrogens with one attached hydrogen (secondary N) is 2. The van der Waals surface area contributed by atoms with Crippen LogP contribution in [0.2, 0.25) is 0 Å². The van der Waals surface area contributed by atoms with Crippen molar-refractivity contribution >= 4 is 11.9 Å². The van der Waals surface area contributed by atoms with Gasteiger partial charge < -0.3 is 19.4 Å². The van der Waals surface area contributed by atoms with Crippen molar-refractivity contribution in [2.75, 3.05) is 7.05 Å². The van der Waals surface area contributed by atoms with Crippen molar-refractivity contribution in [2.24, 2.45) is 13.0 Å². The second-order valence-electron chi connectivity index (χ2n) is 6.44. The number of esters is 1. The van der Waals surface area contributed by atoms with Gasteiger partial charge in [0.1, 0.15) is 12.2 Å². The first-order valence-corrected chi connectivity index (χ1v) is 8.63. The Hall–Kier alpha value is -2.42. The van der Waals surface area contributed by atoms with E-state index in [9.17, 15) is 19.2 Å². The normalized spacial score (nSPS) is 25.1. The molecule has 1 aromatic rings. The molecule has 1 unspecified atom stereocenters. The van der Waals surface area contributed by atoms with Crippen LogP contribution in [-0.2, 0) is 26.1 Å². The molecule has 1 saturated heterocycles. The van der Waals surface area contributed by atoms with Crippen molar-refractivity contribution in [1.82, 2.24) is 14.9 Å². The molecular formula is C17H25N3O6. The Labute approximate surface area is 150 Å². The minimum atomic E-state index is -0.769. The predicted octanol–water partition coefficient (Wildman–Crippen LogP) is -0.00240. The fourth-order valence-corrected chi connectivity index (χ4v) is 3.10. The summed E-state index contributed by atoms with van der Waals surface area (Å²) in [6, 6.07) is 0. The quantitative estimate of drug-likeness (QED) is 0.683. The number of aromatic amines is 1. The number of rotatable bonds is 6. The molecule has 26 heavy (non-hydrogen) atoms. The molecule has 0 aromatic carbocycles. The van der Waals surface area contributed by atoms with Gasteiger partial charge in [0.15, 0.2) is 0 Å². The first-order chi connectivity index (χ1) is 12.3. The van der Waals surface area contributed by atoms with Gasteiger partial charge in [-0.05, 0) is 6.42 Å². The number of carbonyl (C=O) groups is 2. The summed E-state index contributed by atoms with van der Waals surface area (Å²) in [5.41, 5.74) is -0.858. The molecule has 2 heterocycles. The molecule has 9 nitrogen and oxygen atoms in total. The molecule has 1 amide bonds. The molecule has 0 radical (unpaired) electrons. The van der Waals surface area contributed by atoms with Gasteiger partial charge in [-0.1, -0.05) is 13.8 Å². The Balaban J connectivity index is 2.25. The zero-order valence-electron chi connectivity index (χ0n) is 15.4. The standard InChI is InChI=1S/C17H25N3O6/c1-5-11-9(2)14(26-13(22)7-6-12(21)18-3)15(25-11)10-8-20(4)17(24)19-16(10)23/h8-9,11,14-15H,5-7H2,1-4H3,(H,18,21)(H,19,23,24)/t9?,11-,14+,15+/m1/s1. The summed E-state index contributed by atoms with van der Waals surface area (Å²) in [4.78, 5) is 49.5. The van der Waals surface area contributed by atoms with Gasteiger partial charge >= 0.3 is 11.7 Å². The lowest BCUT2D eigenvalue weighted by Crippen LogP contribution is -2.35. The van der Waals surface area contributed by atoms with Crippen LogP contribution in [0.3, 0.4) is 0 Å². The molecule has 4 atom stereocenters. The fraction of sp³-hybridized carbons (Fsp3) is 0.647. The zero-order chi connectivity index (χ0) is 19.4. The Morgan fingerprint density at radius 1 is 1.35 bits per heavy atom. The molecule has 2 rings (SSSR count). The fourth-order valence-electron chi connectivity index (χ4n) is 3.10. The second-order valence-corrected chi connectivity index (χ2v) is 6.44. The monoisotopic (exact) mass is 367 g/mol. The highest BCUT2D eigenvalue weighted by Gasteiger charge is 2.45. The van der Waals surface area contributed by atoms with E-state index in [0.29, 0.717) is 6.42 Å². The van der Waals surface area contributed by atoms with E-state index in [1.54, 1.807) is 0 Å². The molecule has 1 aliphatic heterocycles. The van der Waals surface area contributed by atoms with Crippen LogP contribution in [0.15, 0.2) is 15.8 Å². The van der Waals surface area contributed by atoms with E-state index in [1.165, 1.54) is 24.9 Å². The second kappa shape index (κ2) is 8.31. The Kier molecular flexibility index (Phi) is 6.36. The highest BCUT2D eigenvalue weighted by atomic mass is 16.6. The van der Waals surface area contributed by atoms with Gasteiger partial charge in [0.05, 0.1) is 18.1 Å². The van der Waals surface area contributed by atoms with Gasteiger partial charge in [-0.2, -0.15) is 0 Å². The van der Waals surface area contributed by atoms with Crippen LogP contribution in [0.25, 0.3) is 0 Å². The number of hydrogen-bond acceptors (Lipinski definition) is 6. The van der Waals surface area contributed by atoms with Gasteiger partial charge in [0.2, 0.25) is 5.91 Å². The van der Waals surface area contributed by atoms with Crippen molar-refractivity contribution in [3.63, 3.8) is 0 Å². The number of aromatic nitrogens is 2. The van der Waals surface area contributed by atoms with Crippen LogP contribution >= 0.6 is 0 Å². The lowest BCUT2D eigenvalue weighted by Gasteiger charge is -2.21. The van der Waals surface area contributed by atoms with Crippen molar-refractivity contribution in [3.8, 4) is 0 Å². The zero-order valence-corrected chi connectivity index (χ0v) is 15.4. The minimum Gasteiger partial charge on any atom is -0.459 e. The Bertz CT molecular complexity index is 783. The summed E-state index contributed by atoms with van der Waals surface area (Å²) in [6.07, 6.45) is 0.434. The predicted molar refractivity (Wildman–Crippen MR) is 92.6 cm³/mol. The van der Waals surface area contributed by atoms with Crippen molar-refractivity contribution < 1.29 is 19.1 Å². The van der Waals surface area contributed by atoms with Gasteiger partial charge in [-0.3, -0.25) is 19.4 Å². The minimum absolute atomic E-state index is 0.0274. The van der Waals surface area contributed by atoms with Crippen molar-refractivity contribution in [3.05, 3.63) is 32.6 Å². The smallest absolute Gasteiger partial charge is 0.328 e. The molecule has 1 fully saturated rings. The maximum atomic E-state index is 12.2. The summed E-state index contributed by atoms with van der Waals surface area (Å²) < 4.78 is 12.8. The van der Waals surface area contributed by atoms with E-state index >= 15 is 0 Å². The first kappa shape index (κ1) is 19.9. The Morgan fingerprint density at radius 3 is 2.65 bits per heavy atom. The van der Waals surface area contributed by atoms with Gasteiger partial charge in [-0.15, -0.1) is 0 Å². The third kappa shape index (κ3) is 4.21. The van der Waals surface area contributed by atoms with E-state index in [2.05, 4.69) is 10.3 Å². The average molecular weight is 367 g/mol. The number of amides is 1. The molecule has 1 aromatic heterocycles. The van der Waals surface area contributed by atoms with Crippen LogP contribution in [0.4, 0.5) is 0 Å². The largest absolute Gasteiger partial charge is 0.459 e. The SMILES string of the molecule is CC[C@H]1O[C@@H](c2cn(C)c(=O)[nH]c2=O)[C@@H](OC(=O)CCC(=O)NC)C1C. The summed E-state index contributed by atoms with van der Waals surface area (Å²) >= 11 is 0. The van der Waals surface area contributed by atoms with Crippen LogP contribution in [0.5, 0.6) is 0 Å². The van der Waals surface area contributed by atoms with Crippen LogP contribution in [0, 0.1) is 5.92 Å². The van der Waals surface area contributed by atoms with Crippen LogP contribution < -0.4 is 16.6 Å². The molecule has 9 heteroatoms. The van der Waals surface area contributed by atoms with Gasteiger partial charge in [0.25, 0.3) is 5.56 Å². The molecule has 144 valence electrons. The molecule has 0 spiro atoms. The average Bonchev–Trinajstić information content (AvgIpc) is 2.91. The third-order valence-electron chi connectivity index (χ3n) is 4.67. The van der Waals surface area contributed by atoms with E-state index in [-0.39, 0.29) is 36.3 Å². The summed E-state index contributed by atoms with van der Waals surface area (Å²) in [6.45, 7) is 3.83. The molecule has 1 aliphatic rings. The number of hydrogen-bond donors (Lipinski definition) is 2. The third-order valence-corrected chi connectivity index (χ3v) is 4.67. The van der Waals surface area contributed by atoms with Crippen LogP contribution in [0.1, 0.15) is 44.8 Å². The van der Waals surface area contributed by atoms with Crippen molar-refractivity contribution in [2.45, 2.75) is 51.4 Å². The highest BCUT2D eigenvalue weighted by Crippen LogP contribution is 2.39. The Morgan fingerprint density at radius 2 is 2.04 bits per heavy atom. The molecular weight excluding hydrogens is 342 g/mol. The highest BCUT2D eigenvalue weighted by molar-refractivity contribution is 5.81. The van der Waals surface area contributed by atoms with E-state index < -0.39 is 29.4 Å². The maximum absolute atomic E-state index is 12.2. The number of carbonyl (C=O) groups excluding carboxylic acids is 2. The number of aryl methyl sites for hydroxylation is 1. The van der Waals surface area contributed by atoms with E-state index in [4.69, 9.17) is 9.47 Å². The summed E-state index contributed by atoms with van der Waals surface area (Å²) in [7, 11) is 3.01. The van der Waals surface area contributed by atoms with Gasteiger partial charge in [-0.25, -0.2) is 4.79 Å². The number of H-pyrrole nitrogens is 1. The molecule has 2 N–H and O–H groups in total. The number of nitrogens with zero attached hydrogens (tertiary/aromatic N) is 1. The molecule has 0 aliphatic carbocycles. The van der Waals surface area contributed by atoms with Crippen molar-refractivity contribution in [1.29, 1.82) is 0 Å². The molecule has 0 bridgehead atoms. The first-order valence-electron chi connectivity index (χ1n) is 8.63. The maximum Gasteiger partial charge on any atom is 0.328 e. The van der Waals surface area contributed by atoms with Crippen LogP contribution in [-0.4, -0.2) is 40.7 Å². The lowest BCUT2D eigenvalue weighted by molar-refractivity contribution is -0.154. The summed E-state index contributed by atoms with van der Waals surface area (Å²) in [5, 5.41) is 2.44. The van der Waals surface area contributed by atoms with E-state index in [1.807, 2.05) is 13.8 Å². The van der Waals surface area contributed by atoms with E-state index in [0.717, 1.165) is 0 Å². The summed E-state index contributed by atoms with van der Waals surface area (Å²) in [5.74, 6) is -0.919. The molecule has 0 saturated carbocycles.